The van der Waals surface area contributed by atoms with Crippen LogP contribution in [0.15, 0.2) is 53.0 Å². The van der Waals surface area contributed by atoms with Crippen LogP contribution in [0.2, 0.25) is 5.02 Å². The first-order chi connectivity index (χ1) is 15.5. The summed E-state index contributed by atoms with van der Waals surface area (Å²) in [6, 6.07) is 13.4. The Labute approximate surface area is 209 Å². The monoisotopic (exact) mass is 557 g/mol. The molecule has 0 fully saturated rings. The number of benzene rings is 2. The Kier molecular flexibility index (Phi) is 10.2. The molecule has 0 aliphatic carbocycles. The summed E-state index contributed by atoms with van der Waals surface area (Å²) in [7, 11) is -3.56. The molecule has 0 heterocycles. The lowest BCUT2D eigenvalue weighted by Gasteiger charge is -2.29. The Hall–Kier alpha value is -2.10. The summed E-state index contributed by atoms with van der Waals surface area (Å²) >= 11 is 9.45. The van der Waals surface area contributed by atoms with Gasteiger partial charge in [-0.3, -0.25) is 13.9 Å². The fraction of sp³-hybridized carbons (Fsp3) is 0.391. The molecule has 1 atom stereocenters. The van der Waals surface area contributed by atoms with Gasteiger partial charge in [0.1, 0.15) is 6.04 Å². The normalized spacial score (nSPS) is 12.2. The quantitative estimate of drug-likeness (QED) is 0.448. The van der Waals surface area contributed by atoms with Crippen LogP contribution >= 0.6 is 27.5 Å². The van der Waals surface area contributed by atoms with E-state index in [1.165, 1.54) is 9.21 Å². The van der Waals surface area contributed by atoms with E-state index in [0.29, 0.717) is 17.3 Å². The molecule has 33 heavy (non-hydrogen) atoms. The van der Waals surface area contributed by atoms with Crippen molar-refractivity contribution >= 4 is 55.1 Å². The number of hydrogen-bond acceptors (Lipinski definition) is 4. The molecule has 0 aliphatic heterocycles. The fourth-order valence-corrected chi connectivity index (χ4v) is 4.96. The lowest BCUT2D eigenvalue weighted by molar-refractivity contribution is -0.140. The molecule has 180 valence electrons. The molecule has 1 N–H and O–H groups in total. The van der Waals surface area contributed by atoms with Gasteiger partial charge in [-0.15, -0.1) is 0 Å². The van der Waals surface area contributed by atoms with E-state index in [1.807, 2.05) is 31.2 Å². The van der Waals surface area contributed by atoms with Crippen molar-refractivity contribution < 1.29 is 18.0 Å². The van der Waals surface area contributed by atoms with Gasteiger partial charge in [-0.25, -0.2) is 8.42 Å². The van der Waals surface area contributed by atoms with Crippen LogP contribution in [-0.2, 0) is 26.2 Å². The minimum atomic E-state index is -3.56. The molecule has 2 aromatic carbocycles. The van der Waals surface area contributed by atoms with E-state index in [1.54, 1.807) is 31.2 Å². The van der Waals surface area contributed by atoms with E-state index in [0.717, 1.165) is 16.3 Å². The maximum absolute atomic E-state index is 13.1. The molecule has 0 aromatic heterocycles. The first-order valence-electron chi connectivity index (χ1n) is 10.6. The number of carbonyl (C=O) groups is 2. The molecule has 10 heteroatoms. The Morgan fingerprint density at radius 2 is 1.85 bits per heavy atom. The second kappa shape index (κ2) is 12.4. The molecule has 0 saturated carbocycles. The lowest BCUT2D eigenvalue weighted by atomic mass is 10.1. The van der Waals surface area contributed by atoms with E-state index < -0.39 is 16.1 Å². The Morgan fingerprint density at radius 1 is 1.15 bits per heavy atom. The maximum atomic E-state index is 13.1. The van der Waals surface area contributed by atoms with Crippen LogP contribution in [0.1, 0.15) is 32.3 Å². The Morgan fingerprint density at radius 3 is 2.45 bits per heavy atom. The zero-order valence-corrected chi connectivity index (χ0v) is 22.1. The van der Waals surface area contributed by atoms with Crippen LogP contribution in [0.25, 0.3) is 0 Å². The molecular weight excluding hydrogens is 530 g/mol. The van der Waals surface area contributed by atoms with Gasteiger partial charge < -0.3 is 10.2 Å². The highest BCUT2D eigenvalue weighted by molar-refractivity contribution is 9.10. The van der Waals surface area contributed by atoms with Gasteiger partial charge in [-0.2, -0.15) is 0 Å². The van der Waals surface area contributed by atoms with Crippen molar-refractivity contribution in [3.63, 3.8) is 0 Å². The molecule has 2 aromatic rings. The molecule has 2 amide bonds. The number of carbonyl (C=O) groups excluding carboxylic acids is 2. The van der Waals surface area contributed by atoms with Crippen LogP contribution in [0.4, 0.5) is 5.69 Å². The van der Waals surface area contributed by atoms with Crippen molar-refractivity contribution in [3.8, 4) is 0 Å². The highest BCUT2D eigenvalue weighted by Crippen LogP contribution is 2.23. The number of nitrogens with one attached hydrogen (secondary N) is 1. The van der Waals surface area contributed by atoms with Crippen LogP contribution in [0.3, 0.4) is 0 Å². The van der Waals surface area contributed by atoms with Crippen LogP contribution in [-0.4, -0.2) is 50.5 Å². The number of likely N-dealkylation sites (N-methyl/N-ethyl adjacent to an activating group) is 1. The first-order valence-corrected chi connectivity index (χ1v) is 13.6. The maximum Gasteiger partial charge on any atom is 0.242 e. The van der Waals surface area contributed by atoms with Crippen molar-refractivity contribution in [3.05, 3.63) is 63.6 Å². The zero-order chi connectivity index (χ0) is 24.6. The third-order valence-electron chi connectivity index (χ3n) is 5.01. The van der Waals surface area contributed by atoms with Crippen LogP contribution in [0.5, 0.6) is 0 Å². The van der Waals surface area contributed by atoms with Gasteiger partial charge in [0, 0.05) is 35.6 Å². The summed E-state index contributed by atoms with van der Waals surface area (Å²) in [4.78, 5) is 27.1. The number of sulfonamides is 1. The second-order valence-electron chi connectivity index (χ2n) is 7.64. The van der Waals surface area contributed by atoms with E-state index in [-0.39, 0.29) is 37.7 Å². The predicted octanol–water partition coefficient (Wildman–Crippen LogP) is 4.20. The number of anilines is 1. The average Bonchev–Trinajstić information content (AvgIpc) is 2.73. The van der Waals surface area contributed by atoms with Crippen LogP contribution < -0.4 is 9.62 Å². The van der Waals surface area contributed by atoms with Crippen LogP contribution in [0, 0.1) is 0 Å². The van der Waals surface area contributed by atoms with Crippen molar-refractivity contribution in [2.75, 3.05) is 23.7 Å². The van der Waals surface area contributed by atoms with Crippen molar-refractivity contribution in [2.45, 2.75) is 39.3 Å². The summed E-state index contributed by atoms with van der Waals surface area (Å²) < 4.78 is 26.8. The minimum Gasteiger partial charge on any atom is -0.355 e. The molecule has 0 saturated heterocycles. The first kappa shape index (κ1) is 27.1. The highest BCUT2D eigenvalue weighted by atomic mass is 79.9. The van der Waals surface area contributed by atoms with Crippen molar-refractivity contribution in [1.29, 1.82) is 0 Å². The standard InChI is InChI=1S/C23H29BrClN3O4S/c1-4-26-23(30)17(2)27(16-18-8-5-9-19(24)14-18)22(29)12-7-13-28(33(3,31)32)21-11-6-10-20(25)15-21/h5-6,8-11,14-15,17H,4,7,12-13,16H2,1-3H3,(H,26,30)/t17-/m1/s1. The topological polar surface area (TPSA) is 86.8 Å². The fourth-order valence-electron chi connectivity index (χ4n) is 3.37. The third kappa shape index (κ3) is 8.32. The number of hydrogen-bond donors (Lipinski definition) is 1. The zero-order valence-electron chi connectivity index (χ0n) is 18.9. The van der Waals surface area contributed by atoms with Crippen molar-refractivity contribution in [2.24, 2.45) is 0 Å². The Balaban J connectivity index is 2.15. The van der Waals surface area contributed by atoms with E-state index >= 15 is 0 Å². The molecule has 0 radical (unpaired) electrons. The van der Waals surface area contributed by atoms with Gasteiger partial charge in [0.2, 0.25) is 21.8 Å². The summed E-state index contributed by atoms with van der Waals surface area (Å²) in [5.74, 6) is -0.467. The van der Waals surface area contributed by atoms with Gasteiger partial charge in [0.25, 0.3) is 0 Å². The Bertz CT molecular complexity index is 1080. The van der Waals surface area contributed by atoms with Gasteiger partial charge in [0.05, 0.1) is 11.9 Å². The van der Waals surface area contributed by atoms with Gasteiger partial charge >= 0.3 is 0 Å². The van der Waals surface area contributed by atoms with E-state index in [4.69, 9.17) is 11.6 Å². The number of halogens is 2. The molecule has 0 aliphatic rings. The second-order valence-corrected chi connectivity index (χ2v) is 10.9. The summed E-state index contributed by atoms with van der Waals surface area (Å²) in [6.45, 7) is 4.35. The van der Waals surface area contributed by atoms with Crippen molar-refractivity contribution in [1.82, 2.24) is 10.2 Å². The average molecular weight is 559 g/mol. The number of amides is 2. The smallest absolute Gasteiger partial charge is 0.242 e. The largest absolute Gasteiger partial charge is 0.355 e. The van der Waals surface area contributed by atoms with E-state index in [9.17, 15) is 18.0 Å². The van der Waals surface area contributed by atoms with Gasteiger partial charge in [-0.05, 0) is 56.2 Å². The molecule has 7 nitrogen and oxygen atoms in total. The third-order valence-corrected chi connectivity index (χ3v) is 6.93. The summed E-state index contributed by atoms with van der Waals surface area (Å²) in [5, 5.41) is 3.18. The molecule has 0 unspecified atom stereocenters. The molecule has 0 bridgehead atoms. The molecule has 0 spiro atoms. The number of nitrogens with zero attached hydrogens (tertiary/aromatic N) is 2. The predicted molar refractivity (Wildman–Crippen MR) is 136 cm³/mol. The van der Waals surface area contributed by atoms with Gasteiger partial charge in [0.15, 0.2) is 0 Å². The van der Waals surface area contributed by atoms with E-state index in [2.05, 4.69) is 21.2 Å². The number of rotatable bonds is 11. The highest BCUT2D eigenvalue weighted by Gasteiger charge is 2.26. The summed E-state index contributed by atoms with van der Waals surface area (Å²) in [5.41, 5.74) is 1.32. The van der Waals surface area contributed by atoms with Gasteiger partial charge in [-0.1, -0.05) is 45.7 Å². The lowest BCUT2D eigenvalue weighted by Crippen LogP contribution is -2.47. The minimum absolute atomic E-state index is 0.0876. The molecular formula is C23H29BrClN3O4S. The summed E-state index contributed by atoms with van der Waals surface area (Å²) in [6.07, 6.45) is 1.49. The molecule has 2 rings (SSSR count). The SMILES string of the molecule is CCNC(=O)[C@@H](C)N(Cc1cccc(Br)c1)C(=O)CCCN(c1cccc(Cl)c1)S(C)(=O)=O.